The quantitative estimate of drug-likeness (QED) is 0.459. The largest absolute Gasteiger partial charge is 0.336 e. The zero-order valence-corrected chi connectivity index (χ0v) is 18.0. The average Bonchev–Trinajstić information content (AvgIpc) is 3.19. The predicted octanol–water partition coefficient (Wildman–Crippen LogP) is 4.30. The summed E-state index contributed by atoms with van der Waals surface area (Å²) in [6.07, 6.45) is 0. The van der Waals surface area contributed by atoms with Crippen molar-refractivity contribution in [3.05, 3.63) is 88.6 Å². The highest BCUT2D eigenvalue weighted by Crippen LogP contribution is 2.33. The van der Waals surface area contributed by atoms with Crippen molar-refractivity contribution in [3.63, 3.8) is 0 Å². The van der Waals surface area contributed by atoms with E-state index in [1.54, 1.807) is 12.1 Å². The molecule has 32 heavy (non-hydrogen) atoms. The Morgan fingerprint density at radius 3 is 2.59 bits per heavy atom. The molecule has 2 N–H and O–H groups in total. The number of hydrogen-bond donors (Lipinski definition) is 2. The molecule has 0 unspecified atom stereocenters. The molecule has 2 aromatic carbocycles. The highest BCUT2D eigenvalue weighted by molar-refractivity contribution is 7.18. The molecule has 0 saturated heterocycles. The summed E-state index contributed by atoms with van der Waals surface area (Å²) in [5.41, 5.74) is 2.28. The van der Waals surface area contributed by atoms with E-state index in [2.05, 4.69) is 20.7 Å². The van der Waals surface area contributed by atoms with Crippen LogP contribution in [0.1, 0.15) is 5.69 Å². The first-order valence-electron chi connectivity index (χ1n) is 9.92. The first kappa shape index (κ1) is 21.4. The molecule has 4 rings (SSSR count). The van der Waals surface area contributed by atoms with Gasteiger partial charge in [-0.2, -0.15) is 5.10 Å². The lowest BCUT2D eigenvalue weighted by Crippen LogP contribution is -2.34. The van der Waals surface area contributed by atoms with Crippen molar-refractivity contribution >= 4 is 23.1 Å². The number of nitrogens with zero attached hydrogens (tertiary/aromatic N) is 3. The van der Waals surface area contributed by atoms with E-state index < -0.39 is 11.8 Å². The number of aryl methyl sites for hydroxylation is 1. The van der Waals surface area contributed by atoms with E-state index >= 15 is 0 Å². The Morgan fingerprint density at radius 2 is 1.81 bits per heavy atom. The summed E-state index contributed by atoms with van der Waals surface area (Å²) >= 11 is 1.51. The van der Waals surface area contributed by atoms with E-state index in [-0.39, 0.29) is 24.3 Å². The van der Waals surface area contributed by atoms with Gasteiger partial charge in [0.2, 0.25) is 0 Å². The van der Waals surface area contributed by atoms with Gasteiger partial charge in [0.15, 0.2) is 0 Å². The Kier molecular flexibility index (Phi) is 6.37. The lowest BCUT2D eigenvalue weighted by molar-refractivity contribution is 0.251. The van der Waals surface area contributed by atoms with Crippen LogP contribution < -0.4 is 16.2 Å². The van der Waals surface area contributed by atoms with Crippen LogP contribution in [0.25, 0.3) is 21.1 Å². The van der Waals surface area contributed by atoms with E-state index in [9.17, 15) is 14.0 Å². The fraction of sp³-hybridized carbons (Fsp3) is 0.130. The van der Waals surface area contributed by atoms with E-state index in [0.717, 1.165) is 21.1 Å². The number of nitrogens with one attached hydrogen (secondary N) is 2. The zero-order valence-electron chi connectivity index (χ0n) is 17.2. The molecule has 9 heteroatoms. The number of anilines is 1. The summed E-state index contributed by atoms with van der Waals surface area (Å²) in [5, 5.41) is 10.4. The predicted molar refractivity (Wildman–Crippen MR) is 123 cm³/mol. The van der Waals surface area contributed by atoms with Crippen molar-refractivity contribution in [3.8, 4) is 21.1 Å². The minimum atomic E-state index is -0.565. The summed E-state index contributed by atoms with van der Waals surface area (Å²) in [6.45, 7) is 2.22. The molecule has 2 amide bonds. The van der Waals surface area contributed by atoms with Gasteiger partial charge in [-0.15, -0.1) is 11.3 Å². The van der Waals surface area contributed by atoms with Crippen LogP contribution in [0.4, 0.5) is 14.9 Å². The first-order chi connectivity index (χ1) is 15.5. The van der Waals surface area contributed by atoms with Gasteiger partial charge in [-0.05, 0) is 25.1 Å². The third-order valence-electron chi connectivity index (χ3n) is 4.65. The number of carbonyl (C=O) groups excluding carboxylic acids is 1. The molecule has 162 valence electrons. The van der Waals surface area contributed by atoms with Gasteiger partial charge in [-0.25, -0.2) is 18.9 Å². The molecular weight excluding hydrogens is 429 g/mol. The van der Waals surface area contributed by atoms with Crippen LogP contribution in [0, 0.1) is 12.7 Å². The molecule has 2 aromatic heterocycles. The maximum absolute atomic E-state index is 13.6. The number of benzene rings is 2. The van der Waals surface area contributed by atoms with Crippen molar-refractivity contribution in [1.82, 2.24) is 20.1 Å². The SMILES string of the molecule is Cc1nc(-c2ccccc2)sc1-c1ccc(=O)n(CCNC(=O)Nc2ccccc2F)n1. The summed E-state index contributed by atoms with van der Waals surface area (Å²) in [7, 11) is 0. The second kappa shape index (κ2) is 9.52. The van der Waals surface area contributed by atoms with Gasteiger partial charge >= 0.3 is 6.03 Å². The van der Waals surface area contributed by atoms with Crippen LogP contribution in [-0.4, -0.2) is 27.3 Å². The zero-order chi connectivity index (χ0) is 22.5. The van der Waals surface area contributed by atoms with Gasteiger partial charge in [0.05, 0.1) is 22.8 Å². The van der Waals surface area contributed by atoms with Crippen LogP contribution in [0.5, 0.6) is 0 Å². The van der Waals surface area contributed by atoms with Gasteiger partial charge in [0, 0.05) is 18.2 Å². The summed E-state index contributed by atoms with van der Waals surface area (Å²) in [4.78, 5) is 29.8. The Hall–Kier alpha value is -3.85. The van der Waals surface area contributed by atoms with E-state index in [1.165, 1.54) is 40.3 Å². The molecule has 0 aliphatic carbocycles. The fourth-order valence-corrected chi connectivity index (χ4v) is 4.11. The monoisotopic (exact) mass is 449 g/mol. The lowest BCUT2D eigenvalue weighted by atomic mass is 10.2. The highest BCUT2D eigenvalue weighted by atomic mass is 32.1. The first-order valence-corrected chi connectivity index (χ1v) is 10.7. The molecule has 0 aliphatic heterocycles. The third kappa shape index (κ3) is 4.89. The number of halogens is 1. The Morgan fingerprint density at radius 1 is 1.06 bits per heavy atom. The molecule has 0 fully saturated rings. The minimum Gasteiger partial charge on any atom is -0.336 e. The van der Waals surface area contributed by atoms with Crippen LogP contribution in [-0.2, 0) is 6.54 Å². The number of amides is 2. The Balaban J connectivity index is 1.44. The number of urea groups is 1. The third-order valence-corrected chi connectivity index (χ3v) is 5.88. The summed E-state index contributed by atoms with van der Waals surface area (Å²) in [5.74, 6) is -0.525. The molecule has 4 aromatic rings. The van der Waals surface area contributed by atoms with Crippen molar-refractivity contribution < 1.29 is 9.18 Å². The highest BCUT2D eigenvalue weighted by Gasteiger charge is 2.14. The minimum absolute atomic E-state index is 0.0807. The Labute approximate surface area is 187 Å². The van der Waals surface area contributed by atoms with Crippen LogP contribution in [0.3, 0.4) is 0 Å². The van der Waals surface area contributed by atoms with Crippen molar-refractivity contribution in [2.24, 2.45) is 0 Å². The molecule has 0 saturated carbocycles. The maximum atomic E-state index is 13.6. The molecular formula is C23H20FN5O2S. The molecule has 2 heterocycles. The van der Waals surface area contributed by atoms with Crippen LogP contribution in [0.2, 0.25) is 0 Å². The van der Waals surface area contributed by atoms with Gasteiger partial charge in [-0.1, -0.05) is 42.5 Å². The fourth-order valence-electron chi connectivity index (χ4n) is 3.07. The van der Waals surface area contributed by atoms with Crippen LogP contribution in [0.15, 0.2) is 71.5 Å². The van der Waals surface area contributed by atoms with Crippen molar-refractivity contribution in [2.45, 2.75) is 13.5 Å². The smallest absolute Gasteiger partial charge is 0.319 e. The topological polar surface area (TPSA) is 88.9 Å². The van der Waals surface area contributed by atoms with Gasteiger partial charge in [0.25, 0.3) is 5.56 Å². The number of para-hydroxylation sites is 1. The van der Waals surface area contributed by atoms with Gasteiger partial charge in [0.1, 0.15) is 16.5 Å². The summed E-state index contributed by atoms with van der Waals surface area (Å²) in [6, 6.07) is 18.3. The number of carbonyl (C=O) groups is 1. The van der Waals surface area contributed by atoms with Gasteiger partial charge < -0.3 is 10.6 Å². The van der Waals surface area contributed by atoms with E-state index in [0.29, 0.717) is 5.69 Å². The molecule has 7 nitrogen and oxygen atoms in total. The van der Waals surface area contributed by atoms with Gasteiger partial charge in [-0.3, -0.25) is 4.79 Å². The van der Waals surface area contributed by atoms with Crippen molar-refractivity contribution in [2.75, 3.05) is 11.9 Å². The Bertz CT molecular complexity index is 1300. The normalized spacial score (nSPS) is 10.7. The molecule has 0 aliphatic rings. The number of rotatable bonds is 6. The standard InChI is InChI=1S/C23H20FN5O2S/c1-15-21(32-22(26-15)16-7-3-2-4-8-16)19-11-12-20(30)29(28-19)14-13-25-23(31)27-18-10-6-5-9-17(18)24/h2-12H,13-14H2,1H3,(H2,25,27,31). The molecule has 0 radical (unpaired) electrons. The molecule has 0 spiro atoms. The van der Waals surface area contributed by atoms with Crippen molar-refractivity contribution in [1.29, 1.82) is 0 Å². The second-order valence-electron chi connectivity index (χ2n) is 6.94. The number of hydrogen-bond acceptors (Lipinski definition) is 5. The maximum Gasteiger partial charge on any atom is 0.319 e. The van der Waals surface area contributed by atoms with E-state index in [4.69, 9.17) is 0 Å². The average molecular weight is 450 g/mol. The number of aromatic nitrogens is 3. The van der Waals surface area contributed by atoms with Crippen LogP contribution >= 0.6 is 11.3 Å². The molecule has 0 atom stereocenters. The summed E-state index contributed by atoms with van der Waals surface area (Å²) < 4.78 is 14.9. The lowest BCUT2D eigenvalue weighted by Gasteiger charge is -2.09. The number of thiazole rings is 1. The molecule has 0 bridgehead atoms. The second-order valence-corrected chi connectivity index (χ2v) is 7.94. The van der Waals surface area contributed by atoms with E-state index in [1.807, 2.05) is 37.3 Å².